The van der Waals surface area contributed by atoms with Crippen LogP contribution in [0.1, 0.15) is 13.8 Å². The highest BCUT2D eigenvalue weighted by atomic mass is 35.5. The van der Waals surface area contributed by atoms with Crippen LogP contribution in [0, 0.1) is 17.2 Å². The van der Waals surface area contributed by atoms with Crippen LogP contribution in [0.3, 0.4) is 0 Å². The first-order chi connectivity index (χ1) is 9.06. The molecule has 0 aliphatic carbocycles. The highest BCUT2D eigenvalue weighted by Gasteiger charge is 2.15. The van der Waals surface area contributed by atoms with Crippen LogP contribution in [0.4, 0.5) is 0 Å². The Balaban J connectivity index is 2.49. The second-order valence-electron chi connectivity index (χ2n) is 4.21. The maximum absolute atomic E-state index is 11.9. The highest BCUT2D eigenvalue weighted by molar-refractivity contribution is 6.30. The number of carbonyl (C=O) groups excluding carboxylic acids is 1. The molecule has 19 heavy (non-hydrogen) atoms. The fraction of sp³-hybridized carbons (Fsp3) is 0.429. The molecule has 1 rings (SSSR count). The molecule has 0 spiro atoms. The number of nitriles is 1. The molecule has 1 unspecified atom stereocenters. The Morgan fingerprint density at radius 1 is 1.47 bits per heavy atom. The lowest BCUT2D eigenvalue weighted by molar-refractivity contribution is -0.133. The summed E-state index contributed by atoms with van der Waals surface area (Å²) in [6.07, 6.45) is 0. The van der Waals surface area contributed by atoms with E-state index in [1.165, 1.54) is 0 Å². The molecule has 0 bridgehead atoms. The van der Waals surface area contributed by atoms with Gasteiger partial charge in [0.15, 0.2) is 6.61 Å². The quantitative estimate of drug-likeness (QED) is 0.805. The first-order valence-electron chi connectivity index (χ1n) is 6.12. The molecule has 1 aromatic carbocycles. The summed E-state index contributed by atoms with van der Waals surface area (Å²) in [5.41, 5.74) is 0. The molecule has 0 radical (unpaired) electrons. The van der Waals surface area contributed by atoms with Gasteiger partial charge in [-0.15, -0.1) is 0 Å². The second-order valence-corrected chi connectivity index (χ2v) is 4.64. The van der Waals surface area contributed by atoms with Crippen molar-refractivity contribution < 1.29 is 9.53 Å². The predicted octanol–water partition coefficient (Wildman–Crippen LogP) is 2.73. The van der Waals surface area contributed by atoms with Crippen molar-refractivity contribution in [2.24, 2.45) is 5.92 Å². The zero-order chi connectivity index (χ0) is 14.3. The van der Waals surface area contributed by atoms with Gasteiger partial charge in [-0.05, 0) is 38.1 Å². The average Bonchev–Trinajstić information content (AvgIpc) is 2.43. The molecule has 1 amide bonds. The van der Waals surface area contributed by atoms with Crippen LogP contribution in [0.25, 0.3) is 0 Å². The number of nitrogens with zero attached hydrogens (tertiary/aromatic N) is 2. The number of ether oxygens (including phenoxy) is 1. The number of benzene rings is 1. The van der Waals surface area contributed by atoms with E-state index in [9.17, 15) is 4.79 Å². The second kappa shape index (κ2) is 7.65. The summed E-state index contributed by atoms with van der Waals surface area (Å²) >= 11 is 5.76. The van der Waals surface area contributed by atoms with Gasteiger partial charge >= 0.3 is 0 Å². The molecule has 0 N–H and O–H groups in total. The minimum absolute atomic E-state index is 0.0341. The summed E-state index contributed by atoms with van der Waals surface area (Å²) in [5.74, 6) is 0.293. The van der Waals surface area contributed by atoms with Crippen molar-refractivity contribution >= 4 is 17.5 Å². The Bertz CT molecular complexity index is 454. The fourth-order valence-electron chi connectivity index (χ4n) is 1.55. The number of rotatable bonds is 6. The van der Waals surface area contributed by atoms with E-state index in [0.717, 1.165) is 0 Å². The van der Waals surface area contributed by atoms with Crippen molar-refractivity contribution in [1.29, 1.82) is 5.26 Å². The number of amides is 1. The van der Waals surface area contributed by atoms with Crippen LogP contribution in [0.2, 0.25) is 5.02 Å². The van der Waals surface area contributed by atoms with Crippen molar-refractivity contribution in [2.75, 3.05) is 19.7 Å². The first-order valence-corrected chi connectivity index (χ1v) is 6.50. The third-order valence-electron chi connectivity index (χ3n) is 2.63. The van der Waals surface area contributed by atoms with Crippen molar-refractivity contribution in [3.8, 4) is 11.8 Å². The Kier molecular flexibility index (Phi) is 6.17. The van der Waals surface area contributed by atoms with Crippen molar-refractivity contribution in [3.05, 3.63) is 29.3 Å². The summed E-state index contributed by atoms with van der Waals surface area (Å²) < 4.78 is 5.39. The van der Waals surface area contributed by atoms with E-state index in [4.69, 9.17) is 21.6 Å². The van der Waals surface area contributed by atoms with Crippen LogP contribution < -0.4 is 4.74 Å². The van der Waals surface area contributed by atoms with Gasteiger partial charge in [-0.25, -0.2) is 0 Å². The maximum Gasteiger partial charge on any atom is 0.260 e. The van der Waals surface area contributed by atoms with Crippen LogP contribution in [-0.2, 0) is 4.79 Å². The number of halogens is 1. The van der Waals surface area contributed by atoms with Crippen molar-refractivity contribution in [3.63, 3.8) is 0 Å². The topological polar surface area (TPSA) is 53.3 Å². The number of carbonyl (C=O) groups is 1. The van der Waals surface area contributed by atoms with Gasteiger partial charge in [-0.2, -0.15) is 5.26 Å². The van der Waals surface area contributed by atoms with E-state index in [-0.39, 0.29) is 18.4 Å². The van der Waals surface area contributed by atoms with Crippen LogP contribution >= 0.6 is 11.6 Å². The van der Waals surface area contributed by atoms with Gasteiger partial charge in [0.25, 0.3) is 5.91 Å². The summed E-state index contributed by atoms with van der Waals surface area (Å²) in [6, 6.07) is 8.95. The molecule has 0 saturated heterocycles. The minimum atomic E-state index is -0.181. The summed E-state index contributed by atoms with van der Waals surface area (Å²) in [6.45, 7) is 4.62. The summed E-state index contributed by atoms with van der Waals surface area (Å²) in [4.78, 5) is 13.5. The third-order valence-corrected chi connectivity index (χ3v) is 2.88. The largest absolute Gasteiger partial charge is 0.484 e. The van der Waals surface area contributed by atoms with Gasteiger partial charge in [-0.1, -0.05) is 11.6 Å². The van der Waals surface area contributed by atoms with Gasteiger partial charge in [0, 0.05) is 18.1 Å². The SMILES string of the molecule is CCN(CC(C)C#N)C(=O)COc1ccc(Cl)cc1. The van der Waals surface area contributed by atoms with Crippen molar-refractivity contribution in [1.82, 2.24) is 4.90 Å². The fourth-order valence-corrected chi connectivity index (χ4v) is 1.67. The zero-order valence-electron chi connectivity index (χ0n) is 11.1. The number of hydrogen-bond donors (Lipinski definition) is 0. The predicted molar refractivity (Wildman–Crippen MR) is 74.0 cm³/mol. The Morgan fingerprint density at radius 2 is 2.11 bits per heavy atom. The molecule has 0 aliphatic heterocycles. The summed E-state index contributed by atoms with van der Waals surface area (Å²) in [7, 11) is 0. The molecule has 0 aromatic heterocycles. The van der Waals surface area contributed by atoms with E-state index in [1.54, 1.807) is 36.1 Å². The van der Waals surface area contributed by atoms with E-state index < -0.39 is 0 Å². The van der Waals surface area contributed by atoms with E-state index in [1.807, 2.05) is 6.92 Å². The lowest BCUT2D eigenvalue weighted by Gasteiger charge is -2.21. The first kappa shape index (κ1) is 15.3. The Hall–Kier alpha value is -1.73. The molecule has 4 nitrogen and oxygen atoms in total. The van der Waals surface area contributed by atoms with Gasteiger partial charge in [0.05, 0.1) is 12.0 Å². The molecule has 0 saturated carbocycles. The maximum atomic E-state index is 11.9. The highest BCUT2D eigenvalue weighted by Crippen LogP contribution is 2.15. The Morgan fingerprint density at radius 3 is 2.63 bits per heavy atom. The molecule has 0 heterocycles. The molecule has 0 fully saturated rings. The van der Waals surface area contributed by atoms with E-state index in [2.05, 4.69) is 6.07 Å². The molecule has 102 valence electrons. The molecule has 1 aromatic rings. The molecule has 0 aliphatic rings. The van der Waals surface area contributed by atoms with E-state index >= 15 is 0 Å². The summed E-state index contributed by atoms with van der Waals surface area (Å²) in [5, 5.41) is 9.39. The number of likely N-dealkylation sites (N-methyl/N-ethyl adjacent to an activating group) is 1. The molecule has 5 heteroatoms. The molecular weight excluding hydrogens is 264 g/mol. The smallest absolute Gasteiger partial charge is 0.260 e. The average molecular weight is 281 g/mol. The molecule has 1 atom stereocenters. The van der Waals surface area contributed by atoms with Gasteiger partial charge in [0.2, 0.25) is 0 Å². The standard InChI is InChI=1S/C14H17ClN2O2/c1-3-17(9-11(2)8-16)14(18)10-19-13-6-4-12(15)5-7-13/h4-7,11H,3,9-10H2,1-2H3. The lowest BCUT2D eigenvalue weighted by atomic mass is 10.2. The van der Waals surface area contributed by atoms with Crippen LogP contribution in [-0.4, -0.2) is 30.5 Å². The zero-order valence-corrected chi connectivity index (χ0v) is 11.9. The van der Waals surface area contributed by atoms with Gasteiger partial charge in [0.1, 0.15) is 5.75 Å². The molecular formula is C14H17ClN2O2. The number of hydrogen-bond acceptors (Lipinski definition) is 3. The lowest BCUT2D eigenvalue weighted by Crippen LogP contribution is -2.37. The van der Waals surface area contributed by atoms with Crippen molar-refractivity contribution in [2.45, 2.75) is 13.8 Å². The van der Waals surface area contributed by atoms with Crippen LogP contribution in [0.15, 0.2) is 24.3 Å². The van der Waals surface area contributed by atoms with Gasteiger partial charge < -0.3 is 9.64 Å². The monoisotopic (exact) mass is 280 g/mol. The normalized spacial score (nSPS) is 11.5. The third kappa shape index (κ3) is 5.19. The van der Waals surface area contributed by atoms with Gasteiger partial charge in [-0.3, -0.25) is 4.79 Å². The van der Waals surface area contributed by atoms with E-state index in [0.29, 0.717) is 23.9 Å². The minimum Gasteiger partial charge on any atom is -0.484 e. The Labute approximate surface area is 118 Å². The van der Waals surface area contributed by atoms with Crippen LogP contribution in [0.5, 0.6) is 5.75 Å².